The second-order valence-corrected chi connectivity index (χ2v) is 6.35. The Morgan fingerprint density at radius 3 is 2.44 bits per heavy atom. The third kappa shape index (κ3) is 11.9. The predicted octanol–water partition coefficient (Wildman–Crippen LogP) is 2.07. The van der Waals surface area contributed by atoms with E-state index in [2.05, 4.69) is 26.1 Å². The quantitative estimate of drug-likeness (QED) is 0.655. The second kappa shape index (κ2) is 8.48. The number of hydrogen-bond acceptors (Lipinski definition) is 3. The van der Waals surface area contributed by atoms with E-state index in [1.165, 1.54) is 0 Å². The molecule has 1 unspecified atom stereocenters. The van der Waals surface area contributed by atoms with Crippen LogP contribution in [0.5, 0.6) is 0 Å². The number of carbonyl (C=O) groups is 1. The molecule has 0 bridgehead atoms. The second-order valence-electron chi connectivity index (χ2n) is 6.35. The summed E-state index contributed by atoms with van der Waals surface area (Å²) in [7, 11) is 0. The molecule has 4 nitrogen and oxygen atoms in total. The number of rotatable bonds is 8. The molecular formula is C14H30N2O2. The lowest BCUT2D eigenvalue weighted by atomic mass is 9.87. The predicted molar refractivity (Wildman–Crippen MR) is 75.4 cm³/mol. The summed E-state index contributed by atoms with van der Waals surface area (Å²) in [6.45, 7) is 11.8. The molecular weight excluding hydrogens is 228 g/mol. The first-order chi connectivity index (χ1) is 8.20. The van der Waals surface area contributed by atoms with Crippen molar-refractivity contribution in [2.45, 2.75) is 66.0 Å². The SMILES string of the molecule is CC(C)OCCCNC(=O)CC(N)CC(C)(C)C. The fourth-order valence-electron chi connectivity index (χ4n) is 1.79. The summed E-state index contributed by atoms with van der Waals surface area (Å²) in [6.07, 6.45) is 2.36. The Kier molecular flexibility index (Phi) is 8.20. The molecule has 0 saturated heterocycles. The minimum atomic E-state index is -0.0584. The van der Waals surface area contributed by atoms with Crippen LogP contribution in [0.4, 0.5) is 0 Å². The maximum atomic E-state index is 11.6. The van der Waals surface area contributed by atoms with Gasteiger partial charge in [0, 0.05) is 25.6 Å². The van der Waals surface area contributed by atoms with Crippen molar-refractivity contribution in [2.75, 3.05) is 13.2 Å². The molecule has 0 aromatic rings. The molecule has 0 saturated carbocycles. The van der Waals surface area contributed by atoms with E-state index in [9.17, 15) is 4.79 Å². The van der Waals surface area contributed by atoms with Crippen LogP contribution >= 0.6 is 0 Å². The minimum Gasteiger partial charge on any atom is -0.379 e. The highest BCUT2D eigenvalue weighted by molar-refractivity contribution is 5.76. The molecule has 0 heterocycles. The lowest BCUT2D eigenvalue weighted by molar-refractivity contribution is -0.121. The molecule has 1 atom stereocenters. The number of hydrogen-bond donors (Lipinski definition) is 2. The van der Waals surface area contributed by atoms with Crippen LogP contribution in [0, 0.1) is 5.41 Å². The van der Waals surface area contributed by atoms with E-state index in [-0.39, 0.29) is 23.5 Å². The van der Waals surface area contributed by atoms with Gasteiger partial charge < -0.3 is 15.8 Å². The molecule has 0 radical (unpaired) electrons. The highest BCUT2D eigenvalue weighted by atomic mass is 16.5. The smallest absolute Gasteiger partial charge is 0.221 e. The van der Waals surface area contributed by atoms with Crippen LogP contribution in [-0.2, 0) is 9.53 Å². The topological polar surface area (TPSA) is 64.3 Å². The number of nitrogens with two attached hydrogens (primary N) is 1. The van der Waals surface area contributed by atoms with E-state index in [4.69, 9.17) is 10.5 Å². The first kappa shape index (κ1) is 17.4. The van der Waals surface area contributed by atoms with Gasteiger partial charge in [0.1, 0.15) is 0 Å². The first-order valence-corrected chi connectivity index (χ1v) is 6.84. The molecule has 0 rings (SSSR count). The van der Waals surface area contributed by atoms with Gasteiger partial charge >= 0.3 is 0 Å². The molecule has 108 valence electrons. The Balaban J connectivity index is 3.59. The fraction of sp³-hybridized carbons (Fsp3) is 0.929. The van der Waals surface area contributed by atoms with Crippen LogP contribution in [0.2, 0.25) is 0 Å². The zero-order valence-electron chi connectivity index (χ0n) is 12.6. The van der Waals surface area contributed by atoms with Gasteiger partial charge in [0.05, 0.1) is 6.10 Å². The summed E-state index contributed by atoms with van der Waals surface area (Å²) in [6, 6.07) is -0.0584. The van der Waals surface area contributed by atoms with E-state index >= 15 is 0 Å². The van der Waals surface area contributed by atoms with Gasteiger partial charge in [0.15, 0.2) is 0 Å². The maximum Gasteiger partial charge on any atom is 0.221 e. The van der Waals surface area contributed by atoms with Gasteiger partial charge in [-0.25, -0.2) is 0 Å². The lowest BCUT2D eigenvalue weighted by Crippen LogP contribution is -2.34. The summed E-state index contributed by atoms with van der Waals surface area (Å²) in [5.74, 6) is 0.0382. The lowest BCUT2D eigenvalue weighted by Gasteiger charge is -2.22. The highest BCUT2D eigenvalue weighted by Gasteiger charge is 2.17. The molecule has 3 N–H and O–H groups in total. The van der Waals surface area contributed by atoms with E-state index < -0.39 is 0 Å². The summed E-state index contributed by atoms with van der Waals surface area (Å²) in [5.41, 5.74) is 6.12. The van der Waals surface area contributed by atoms with E-state index in [1.54, 1.807) is 0 Å². The molecule has 0 aromatic carbocycles. The van der Waals surface area contributed by atoms with Crippen molar-refractivity contribution in [3.05, 3.63) is 0 Å². The van der Waals surface area contributed by atoms with E-state index in [0.29, 0.717) is 19.6 Å². The summed E-state index contributed by atoms with van der Waals surface area (Å²) in [5, 5.41) is 2.87. The van der Waals surface area contributed by atoms with Crippen LogP contribution in [0.1, 0.15) is 53.9 Å². The zero-order valence-corrected chi connectivity index (χ0v) is 12.6. The van der Waals surface area contributed by atoms with Gasteiger partial charge in [-0.3, -0.25) is 4.79 Å². The third-order valence-electron chi connectivity index (χ3n) is 2.42. The molecule has 4 heteroatoms. The van der Waals surface area contributed by atoms with Gasteiger partial charge in [-0.15, -0.1) is 0 Å². The van der Waals surface area contributed by atoms with Crippen molar-refractivity contribution in [1.29, 1.82) is 0 Å². The molecule has 1 amide bonds. The minimum absolute atomic E-state index is 0.0382. The van der Waals surface area contributed by atoms with Gasteiger partial charge in [0.25, 0.3) is 0 Å². The van der Waals surface area contributed by atoms with Crippen LogP contribution in [0.3, 0.4) is 0 Å². The van der Waals surface area contributed by atoms with Crippen molar-refractivity contribution in [3.63, 3.8) is 0 Å². The molecule has 0 fully saturated rings. The van der Waals surface area contributed by atoms with Crippen LogP contribution in [0.15, 0.2) is 0 Å². The number of ether oxygens (including phenoxy) is 1. The van der Waals surface area contributed by atoms with Crippen LogP contribution in [0.25, 0.3) is 0 Å². The normalized spacial score (nSPS) is 13.7. The van der Waals surface area contributed by atoms with E-state index in [1.807, 2.05) is 13.8 Å². The highest BCUT2D eigenvalue weighted by Crippen LogP contribution is 2.20. The van der Waals surface area contributed by atoms with Gasteiger partial charge in [-0.1, -0.05) is 20.8 Å². The Morgan fingerprint density at radius 1 is 1.33 bits per heavy atom. The maximum absolute atomic E-state index is 11.6. The van der Waals surface area contributed by atoms with Crippen molar-refractivity contribution in [1.82, 2.24) is 5.32 Å². The van der Waals surface area contributed by atoms with Crippen molar-refractivity contribution in [3.8, 4) is 0 Å². The Bertz CT molecular complexity index is 234. The Hall–Kier alpha value is -0.610. The standard InChI is InChI=1S/C14H30N2O2/c1-11(2)18-8-6-7-16-13(17)9-12(15)10-14(3,4)5/h11-12H,6-10,15H2,1-5H3,(H,16,17). The first-order valence-electron chi connectivity index (χ1n) is 6.84. The summed E-state index contributed by atoms with van der Waals surface area (Å²) < 4.78 is 5.39. The summed E-state index contributed by atoms with van der Waals surface area (Å²) >= 11 is 0. The molecule has 0 spiro atoms. The average molecular weight is 258 g/mol. The Morgan fingerprint density at radius 2 is 1.94 bits per heavy atom. The third-order valence-corrected chi connectivity index (χ3v) is 2.42. The average Bonchev–Trinajstić information content (AvgIpc) is 2.12. The number of amides is 1. The molecule has 18 heavy (non-hydrogen) atoms. The summed E-state index contributed by atoms with van der Waals surface area (Å²) in [4.78, 5) is 11.6. The molecule has 0 aromatic heterocycles. The van der Waals surface area contributed by atoms with Crippen molar-refractivity contribution < 1.29 is 9.53 Å². The largest absolute Gasteiger partial charge is 0.379 e. The molecule has 0 aliphatic heterocycles. The van der Waals surface area contributed by atoms with Crippen LogP contribution in [-0.4, -0.2) is 31.2 Å². The number of carbonyl (C=O) groups excluding carboxylic acids is 1. The molecule has 0 aliphatic carbocycles. The zero-order chi connectivity index (χ0) is 14.2. The van der Waals surface area contributed by atoms with Gasteiger partial charge in [0.2, 0.25) is 5.91 Å². The van der Waals surface area contributed by atoms with Crippen molar-refractivity contribution in [2.24, 2.45) is 11.1 Å². The van der Waals surface area contributed by atoms with Gasteiger partial charge in [-0.2, -0.15) is 0 Å². The fourth-order valence-corrected chi connectivity index (χ4v) is 1.79. The number of nitrogens with one attached hydrogen (secondary N) is 1. The Labute approximate surface area is 112 Å². The van der Waals surface area contributed by atoms with Gasteiger partial charge in [-0.05, 0) is 32.1 Å². The van der Waals surface area contributed by atoms with Crippen LogP contribution < -0.4 is 11.1 Å². The van der Waals surface area contributed by atoms with Crippen molar-refractivity contribution >= 4 is 5.91 Å². The van der Waals surface area contributed by atoms with E-state index in [0.717, 1.165) is 12.8 Å². The monoisotopic (exact) mass is 258 g/mol. The molecule has 0 aliphatic rings.